The van der Waals surface area contributed by atoms with E-state index in [4.69, 9.17) is 14.2 Å². The van der Waals surface area contributed by atoms with E-state index in [0.29, 0.717) is 18.5 Å². The number of benzene rings is 1. The molecule has 178 valence electrons. The van der Waals surface area contributed by atoms with Gasteiger partial charge in [0.2, 0.25) is 5.91 Å². The second-order valence-corrected chi connectivity index (χ2v) is 9.24. The summed E-state index contributed by atoms with van der Waals surface area (Å²) in [5, 5.41) is 2.79. The number of methoxy groups -OCH3 is 2. The summed E-state index contributed by atoms with van der Waals surface area (Å²) in [5.41, 5.74) is -0.114. The Morgan fingerprint density at radius 3 is 2.25 bits per heavy atom. The number of nitrogens with one attached hydrogen (secondary N) is 1. The Labute approximate surface area is 190 Å². The summed E-state index contributed by atoms with van der Waals surface area (Å²) in [7, 11) is 3.11. The minimum Gasteiger partial charge on any atom is -0.444 e. The van der Waals surface area contributed by atoms with E-state index in [1.807, 2.05) is 6.07 Å². The standard InChI is InChI=1S/C24H36N2O6/c1-15(22(28)25-16(2)20(27)17-11-9-8-10-12-17)21(31-7)19-13-18(30-6)14-26(19)23(29)32-24(3,4)5/h8-12,15-16,18-19,21H,13-14H2,1-7H3,(H,25,28)/t15-,16+,18?,19?,21-/m1/s1. The van der Waals surface area contributed by atoms with E-state index >= 15 is 0 Å². The monoisotopic (exact) mass is 448 g/mol. The fourth-order valence-corrected chi connectivity index (χ4v) is 3.95. The van der Waals surface area contributed by atoms with Crippen molar-refractivity contribution >= 4 is 17.8 Å². The Morgan fingerprint density at radius 1 is 1.09 bits per heavy atom. The van der Waals surface area contributed by atoms with E-state index in [1.165, 1.54) is 7.11 Å². The normalized spacial score (nSPS) is 21.5. The highest BCUT2D eigenvalue weighted by atomic mass is 16.6. The van der Waals surface area contributed by atoms with Crippen LogP contribution in [0.4, 0.5) is 4.79 Å². The maximum Gasteiger partial charge on any atom is 0.410 e. The van der Waals surface area contributed by atoms with E-state index < -0.39 is 35.8 Å². The number of carbonyl (C=O) groups excluding carboxylic acids is 3. The van der Waals surface area contributed by atoms with Crippen molar-refractivity contribution in [1.29, 1.82) is 0 Å². The van der Waals surface area contributed by atoms with Gasteiger partial charge in [0.15, 0.2) is 5.78 Å². The van der Waals surface area contributed by atoms with E-state index in [2.05, 4.69) is 5.32 Å². The molecule has 5 atom stereocenters. The molecule has 0 aliphatic carbocycles. The van der Waals surface area contributed by atoms with Gasteiger partial charge in [-0.25, -0.2) is 4.79 Å². The van der Waals surface area contributed by atoms with Gasteiger partial charge >= 0.3 is 6.09 Å². The van der Waals surface area contributed by atoms with Crippen molar-refractivity contribution in [2.75, 3.05) is 20.8 Å². The predicted octanol–water partition coefficient (Wildman–Crippen LogP) is 3.05. The summed E-state index contributed by atoms with van der Waals surface area (Å²) in [6, 6.07) is 7.73. The maximum atomic E-state index is 13.0. The second-order valence-electron chi connectivity index (χ2n) is 9.24. The van der Waals surface area contributed by atoms with Crippen LogP contribution >= 0.6 is 0 Å². The van der Waals surface area contributed by atoms with Crippen molar-refractivity contribution in [3.05, 3.63) is 35.9 Å². The SMILES string of the molecule is COC1CC([C@H](OC)[C@@H](C)C(=O)N[C@@H](C)C(=O)c2ccccc2)N(C(=O)OC(C)(C)C)C1. The fourth-order valence-electron chi connectivity index (χ4n) is 3.95. The Hall–Kier alpha value is -2.45. The molecule has 0 saturated carbocycles. The van der Waals surface area contributed by atoms with Crippen LogP contribution in [0.5, 0.6) is 0 Å². The molecular formula is C24H36N2O6. The average molecular weight is 449 g/mol. The summed E-state index contributed by atoms with van der Waals surface area (Å²) in [6.45, 7) is 9.16. The minimum atomic E-state index is -0.692. The van der Waals surface area contributed by atoms with Crippen molar-refractivity contribution in [3.8, 4) is 0 Å². The van der Waals surface area contributed by atoms with Crippen LogP contribution in [0.3, 0.4) is 0 Å². The molecule has 0 radical (unpaired) electrons. The molecule has 2 unspecified atom stereocenters. The molecule has 0 bridgehead atoms. The molecule has 0 spiro atoms. The molecule has 1 saturated heterocycles. The molecular weight excluding hydrogens is 412 g/mol. The smallest absolute Gasteiger partial charge is 0.410 e. The predicted molar refractivity (Wildman–Crippen MR) is 120 cm³/mol. The molecule has 2 amide bonds. The highest BCUT2D eigenvalue weighted by molar-refractivity contribution is 6.01. The molecule has 8 nitrogen and oxygen atoms in total. The number of Topliss-reactive ketones (excluding diaryl/α,β-unsaturated/α-hetero) is 1. The first kappa shape index (κ1) is 25.8. The second kappa shape index (κ2) is 10.9. The number of hydrogen-bond acceptors (Lipinski definition) is 6. The van der Waals surface area contributed by atoms with Crippen molar-refractivity contribution in [1.82, 2.24) is 10.2 Å². The molecule has 1 aliphatic rings. The number of rotatable bonds is 8. The lowest BCUT2D eigenvalue weighted by Gasteiger charge is -2.34. The average Bonchev–Trinajstić information content (AvgIpc) is 3.17. The lowest BCUT2D eigenvalue weighted by molar-refractivity contribution is -0.131. The van der Waals surface area contributed by atoms with Crippen molar-refractivity contribution < 1.29 is 28.6 Å². The van der Waals surface area contributed by atoms with Gasteiger partial charge in [0.25, 0.3) is 0 Å². The van der Waals surface area contributed by atoms with Crippen molar-refractivity contribution in [2.24, 2.45) is 5.92 Å². The molecule has 32 heavy (non-hydrogen) atoms. The molecule has 2 rings (SSSR count). The Bertz CT molecular complexity index is 791. The van der Waals surface area contributed by atoms with Gasteiger partial charge in [-0.2, -0.15) is 0 Å². The van der Waals surface area contributed by atoms with Gasteiger partial charge in [0, 0.05) is 19.8 Å². The largest absolute Gasteiger partial charge is 0.444 e. The topological polar surface area (TPSA) is 94.2 Å². The van der Waals surface area contributed by atoms with Gasteiger partial charge in [-0.3, -0.25) is 14.5 Å². The number of nitrogens with zero attached hydrogens (tertiary/aromatic N) is 1. The van der Waals surface area contributed by atoms with Crippen LogP contribution < -0.4 is 5.32 Å². The van der Waals surface area contributed by atoms with Crippen molar-refractivity contribution in [3.63, 3.8) is 0 Å². The van der Waals surface area contributed by atoms with Gasteiger partial charge in [0.1, 0.15) is 5.60 Å². The molecule has 1 fully saturated rings. The molecule has 1 aliphatic heterocycles. The number of amides is 2. The zero-order valence-electron chi connectivity index (χ0n) is 20.1. The highest BCUT2D eigenvalue weighted by Crippen LogP contribution is 2.29. The van der Waals surface area contributed by atoms with Crippen LogP contribution in [0, 0.1) is 5.92 Å². The van der Waals surface area contributed by atoms with Gasteiger partial charge < -0.3 is 19.5 Å². The lowest BCUT2D eigenvalue weighted by atomic mass is 9.94. The van der Waals surface area contributed by atoms with Crippen LogP contribution in [0.2, 0.25) is 0 Å². The van der Waals surface area contributed by atoms with Gasteiger partial charge in [0.05, 0.1) is 36.8 Å². The van der Waals surface area contributed by atoms with E-state index in [-0.39, 0.29) is 17.8 Å². The molecule has 1 heterocycles. The Balaban J connectivity index is 2.12. The van der Waals surface area contributed by atoms with Crippen LogP contribution in [0.25, 0.3) is 0 Å². The van der Waals surface area contributed by atoms with Crippen molar-refractivity contribution in [2.45, 2.75) is 70.9 Å². The molecule has 1 N–H and O–H groups in total. The highest BCUT2D eigenvalue weighted by Gasteiger charge is 2.45. The number of ether oxygens (including phenoxy) is 3. The summed E-state index contributed by atoms with van der Waals surface area (Å²) in [5.74, 6) is -1.11. The number of likely N-dealkylation sites (tertiary alicyclic amines) is 1. The van der Waals surface area contributed by atoms with Gasteiger partial charge in [-0.15, -0.1) is 0 Å². The third-order valence-electron chi connectivity index (χ3n) is 5.63. The third-order valence-corrected chi connectivity index (χ3v) is 5.63. The molecule has 1 aromatic rings. The van der Waals surface area contributed by atoms with Crippen LogP contribution in [0.1, 0.15) is 51.4 Å². The van der Waals surface area contributed by atoms with E-state index in [0.717, 1.165) is 0 Å². The summed E-state index contributed by atoms with van der Waals surface area (Å²) < 4.78 is 16.7. The zero-order chi connectivity index (χ0) is 24.1. The van der Waals surface area contributed by atoms with E-state index in [9.17, 15) is 14.4 Å². The lowest BCUT2D eigenvalue weighted by Crippen LogP contribution is -2.52. The Kier molecular flexibility index (Phi) is 8.81. The van der Waals surface area contributed by atoms with Crippen LogP contribution in [-0.4, -0.2) is 73.3 Å². The van der Waals surface area contributed by atoms with Gasteiger partial charge in [-0.05, 0) is 34.1 Å². The summed E-state index contributed by atoms with van der Waals surface area (Å²) >= 11 is 0. The number of ketones is 1. The Morgan fingerprint density at radius 2 is 1.72 bits per heavy atom. The zero-order valence-corrected chi connectivity index (χ0v) is 20.1. The van der Waals surface area contributed by atoms with Crippen LogP contribution in [0.15, 0.2) is 30.3 Å². The van der Waals surface area contributed by atoms with Crippen LogP contribution in [-0.2, 0) is 19.0 Å². The third kappa shape index (κ3) is 6.53. The quantitative estimate of drug-likeness (QED) is 0.615. The molecule has 8 heteroatoms. The fraction of sp³-hybridized carbons (Fsp3) is 0.625. The van der Waals surface area contributed by atoms with E-state index in [1.54, 1.807) is 70.9 Å². The first-order valence-electron chi connectivity index (χ1n) is 10.9. The summed E-state index contributed by atoms with van der Waals surface area (Å²) in [4.78, 5) is 40.0. The summed E-state index contributed by atoms with van der Waals surface area (Å²) in [6.07, 6.45) is -0.727. The minimum absolute atomic E-state index is 0.171. The first-order valence-corrected chi connectivity index (χ1v) is 10.9. The maximum absolute atomic E-state index is 13.0. The number of hydrogen-bond donors (Lipinski definition) is 1. The number of carbonyl (C=O) groups is 3. The molecule has 1 aromatic carbocycles. The molecule has 0 aromatic heterocycles. The first-order chi connectivity index (χ1) is 15.0. The van der Waals surface area contributed by atoms with Gasteiger partial charge in [-0.1, -0.05) is 37.3 Å².